The van der Waals surface area contributed by atoms with Gasteiger partial charge in [-0.2, -0.15) is 14.0 Å². The van der Waals surface area contributed by atoms with Crippen molar-refractivity contribution in [2.45, 2.75) is 18.6 Å². The van der Waals surface area contributed by atoms with Gasteiger partial charge in [0.15, 0.2) is 5.65 Å². The van der Waals surface area contributed by atoms with Crippen LogP contribution in [-0.4, -0.2) is 49.3 Å². The highest BCUT2D eigenvalue weighted by atomic mass is 19.1. The van der Waals surface area contributed by atoms with Crippen LogP contribution >= 0.6 is 0 Å². The van der Waals surface area contributed by atoms with Crippen LogP contribution in [0.3, 0.4) is 0 Å². The second-order valence-electron chi connectivity index (χ2n) is 7.43. The third kappa shape index (κ3) is 3.75. The number of carbonyl (C=O) groups excluding carboxylic acids is 1. The smallest absolute Gasteiger partial charge is 0.282 e. The molecule has 33 heavy (non-hydrogen) atoms. The Hall–Kier alpha value is -4.35. The van der Waals surface area contributed by atoms with Gasteiger partial charge in [0.05, 0.1) is 12.2 Å². The maximum Gasteiger partial charge on any atom is 0.282 e. The van der Waals surface area contributed by atoms with Crippen molar-refractivity contribution in [3.8, 4) is 5.82 Å². The number of amides is 1. The summed E-state index contributed by atoms with van der Waals surface area (Å²) in [6.45, 7) is 0. The van der Waals surface area contributed by atoms with Crippen molar-refractivity contribution in [2.24, 2.45) is 0 Å². The molecular weight excluding hydrogens is 434 g/mol. The summed E-state index contributed by atoms with van der Waals surface area (Å²) in [7, 11) is 1.66. The molecule has 1 fully saturated rings. The Bertz CT molecular complexity index is 1420. The van der Waals surface area contributed by atoms with Crippen molar-refractivity contribution in [3.63, 3.8) is 0 Å². The monoisotopic (exact) mass is 452 g/mol. The summed E-state index contributed by atoms with van der Waals surface area (Å²) in [4.78, 5) is 34.0. The molecule has 1 saturated carbocycles. The molecule has 0 bridgehead atoms. The number of pyridine rings is 2. The Labute approximate surface area is 185 Å². The highest BCUT2D eigenvalue weighted by Gasteiger charge is 2.39. The molecule has 2 atom stereocenters. The number of carbonyl (C=O) groups is 1. The lowest BCUT2D eigenvalue weighted by Crippen LogP contribution is -2.27. The first-order valence-corrected chi connectivity index (χ1v) is 10.1. The number of hydrogen-bond acceptors (Lipinski definition) is 7. The van der Waals surface area contributed by atoms with E-state index in [1.807, 2.05) is 0 Å². The van der Waals surface area contributed by atoms with Gasteiger partial charge in [-0.3, -0.25) is 9.59 Å². The van der Waals surface area contributed by atoms with Crippen LogP contribution in [0.2, 0.25) is 0 Å². The Morgan fingerprint density at radius 1 is 1.24 bits per heavy atom. The maximum atomic E-state index is 14.4. The lowest BCUT2D eigenvalue weighted by Gasteiger charge is -2.12. The van der Waals surface area contributed by atoms with Gasteiger partial charge >= 0.3 is 0 Å². The van der Waals surface area contributed by atoms with Crippen LogP contribution in [0.4, 0.5) is 26.1 Å². The molecule has 10 nitrogen and oxygen atoms in total. The Morgan fingerprint density at radius 3 is 2.76 bits per heavy atom. The van der Waals surface area contributed by atoms with Gasteiger partial charge in [0.2, 0.25) is 5.95 Å². The molecule has 0 saturated heterocycles. The van der Waals surface area contributed by atoms with Gasteiger partial charge in [-0.05, 0) is 24.3 Å². The number of hydrogen-bond donors (Lipinski definition) is 3. The highest BCUT2D eigenvalue weighted by Crippen LogP contribution is 2.26. The van der Waals surface area contributed by atoms with E-state index in [0.29, 0.717) is 5.82 Å². The van der Waals surface area contributed by atoms with Crippen molar-refractivity contribution < 1.29 is 13.6 Å². The first kappa shape index (κ1) is 20.5. The minimum absolute atomic E-state index is 0.0460. The maximum absolute atomic E-state index is 14.4. The average Bonchev–Trinajstić information content (AvgIpc) is 3.33. The van der Waals surface area contributed by atoms with Gasteiger partial charge in [0, 0.05) is 25.7 Å². The summed E-state index contributed by atoms with van der Waals surface area (Å²) in [6.07, 6.45) is 2.02. The molecule has 0 aromatic carbocycles. The molecule has 4 aromatic heterocycles. The normalized spacial score (nSPS) is 17.1. The van der Waals surface area contributed by atoms with Crippen LogP contribution < -0.4 is 21.5 Å². The highest BCUT2D eigenvalue weighted by molar-refractivity contribution is 6.00. The second-order valence-corrected chi connectivity index (χ2v) is 7.43. The molecule has 4 aromatic rings. The molecule has 3 N–H and O–H groups in total. The SMILES string of the molecule is CNc1cc(Nc2ccc(F)n(-c3ccccn3)c2=O)nc2c(C(=O)NC3CC3F)cnn12. The number of anilines is 3. The van der Waals surface area contributed by atoms with E-state index in [2.05, 4.69) is 31.0 Å². The fourth-order valence-corrected chi connectivity index (χ4v) is 3.37. The molecule has 12 heteroatoms. The zero-order valence-corrected chi connectivity index (χ0v) is 17.3. The Kier molecular flexibility index (Phi) is 4.96. The molecule has 168 valence electrons. The van der Waals surface area contributed by atoms with Gasteiger partial charge in [-0.1, -0.05) is 6.07 Å². The standard InChI is InChI=1S/C21H18F2N8O2/c1-24-18-9-16(29-19-11(10-26-31(18)19)20(32)28-14-8-12(14)22)27-13-5-6-15(23)30(21(13)33)17-4-2-3-7-25-17/h2-7,9-10,12,14,24H,8H2,1H3,(H,27,29)(H,28,32). The summed E-state index contributed by atoms with van der Waals surface area (Å²) in [6, 6.07) is 8.30. The molecule has 0 radical (unpaired) electrons. The third-order valence-corrected chi connectivity index (χ3v) is 5.18. The van der Waals surface area contributed by atoms with E-state index in [9.17, 15) is 18.4 Å². The summed E-state index contributed by atoms with van der Waals surface area (Å²) in [5.41, 5.74) is -0.273. The number of fused-ring (bicyclic) bond motifs is 1. The predicted molar refractivity (Wildman–Crippen MR) is 116 cm³/mol. The van der Waals surface area contributed by atoms with Crippen molar-refractivity contribution in [2.75, 3.05) is 17.7 Å². The van der Waals surface area contributed by atoms with Crippen molar-refractivity contribution in [3.05, 3.63) is 70.7 Å². The number of nitrogens with zero attached hydrogens (tertiary/aromatic N) is 5. The van der Waals surface area contributed by atoms with Gasteiger partial charge in [0.25, 0.3) is 11.5 Å². The van der Waals surface area contributed by atoms with Crippen LogP contribution in [0.5, 0.6) is 0 Å². The summed E-state index contributed by atoms with van der Waals surface area (Å²) < 4.78 is 29.9. The number of halogens is 2. The molecule has 4 heterocycles. The molecular formula is C21H18F2N8O2. The van der Waals surface area contributed by atoms with Crippen molar-refractivity contribution in [1.29, 1.82) is 0 Å². The van der Waals surface area contributed by atoms with Crippen LogP contribution in [0, 0.1) is 5.95 Å². The predicted octanol–water partition coefficient (Wildman–Crippen LogP) is 2.04. The fraction of sp³-hybridized carbons (Fsp3) is 0.190. The van der Waals surface area contributed by atoms with E-state index in [4.69, 9.17) is 0 Å². The zero-order chi connectivity index (χ0) is 23.1. The quantitative estimate of drug-likeness (QED) is 0.383. The van der Waals surface area contributed by atoms with E-state index < -0.39 is 29.6 Å². The van der Waals surface area contributed by atoms with Crippen LogP contribution in [-0.2, 0) is 0 Å². The minimum atomic E-state index is -1.05. The number of aromatic nitrogens is 5. The van der Waals surface area contributed by atoms with Crippen molar-refractivity contribution in [1.82, 2.24) is 29.5 Å². The lowest BCUT2D eigenvalue weighted by atomic mass is 10.3. The lowest BCUT2D eigenvalue weighted by molar-refractivity contribution is 0.0949. The summed E-state index contributed by atoms with van der Waals surface area (Å²) in [5, 5.41) is 12.6. The topological polar surface area (TPSA) is 118 Å². The first-order chi connectivity index (χ1) is 16.0. The zero-order valence-electron chi connectivity index (χ0n) is 17.3. The van der Waals surface area contributed by atoms with E-state index in [1.54, 1.807) is 25.2 Å². The second kappa shape index (κ2) is 7.97. The average molecular weight is 452 g/mol. The van der Waals surface area contributed by atoms with Crippen LogP contribution in [0.15, 0.2) is 53.6 Å². The first-order valence-electron chi connectivity index (χ1n) is 10.1. The van der Waals surface area contributed by atoms with E-state index >= 15 is 0 Å². The fourth-order valence-electron chi connectivity index (χ4n) is 3.37. The summed E-state index contributed by atoms with van der Waals surface area (Å²) >= 11 is 0. The summed E-state index contributed by atoms with van der Waals surface area (Å²) in [5.74, 6) is -0.453. The number of alkyl halides is 1. The number of rotatable bonds is 6. The van der Waals surface area contributed by atoms with Gasteiger partial charge in [-0.25, -0.2) is 18.9 Å². The molecule has 1 aliphatic rings. The Morgan fingerprint density at radius 2 is 2.06 bits per heavy atom. The molecule has 2 unspecified atom stereocenters. The molecule has 1 aliphatic carbocycles. The van der Waals surface area contributed by atoms with Crippen LogP contribution in [0.25, 0.3) is 11.5 Å². The third-order valence-electron chi connectivity index (χ3n) is 5.18. The molecule has 0 spiro atoms. The van der Waals surface area contributed by atoms with E-state index in [0.717, 1.165) is 10.6 Å². The van der Waals surface area contributed by atoms with Crippen LogP contribution in [0.1, 0.15) is 16.8 Å². The van der Waals surface area contributed by atoms with E-state index in [-0.39, 0.29) is 35.0 Å². The number of nitrogens with one attached hydrogen (secondary N) is 3. The molecule has 0 aliphatic heterocycles. The van der Waals surface area contributed by atoms with Crippen molar-refractivity contribution >= 4 is 28.9 Å². The Balaban J connectivity index is 1.54. The van der Waals surface area contributed by atoms with Gasteiger partial charge in [-0.15, -0.1) is 0 Å². The van der Waals surface area contributed by atoms with E-state index in [1.165, 1.54) is 29.0 Å². The van der Waals surface area contributed by atoms with Gasteiger partial charge in [0.1, 0.15) is 34.9 Å². The molecule has 5 rings (SSSR count). The largest absolute Gasteiger partial charge is 0.373 e. The minimum Gasteiger partial charge on any atom is -0.373 e. The molecule has 1 amide bonds. The van der Waals surface area contributed by atoms with Gasteiger partial charge < -0.3 is 16.0 Å².